The number of carbonyl (C=O) groups excluding carboxylic acids is 1. The molecular weight excluding hydrogens is 402 g/mol. The summed E-state index contributed by atoms with van der Waals surface area (Å²) in [6, 6.07) is 14.5. The molecule has 1 heterocycles. The molecule has 2 aromatic carbocycles. The molecule has 1 aliphatic carbocycles. The van der Waals surface area contributed by atoms with Crippen LogP contribution in [0.5, 0.6) is 5.75 Å². The number of esters is 1. The van der Waals surface area contributed by atoms with Crippen molar-refractivity contribution in [3.63, 3.8) is 0 Å². The van der Waals surface area contributed by atoms with Gasteiger partial charge in [-0.3, -0.25) is 4.79 Å². The molecule has 1 aliphatic heterocycles. The first-order chi connectivity index (χ1) is 15.4. The number of ether oxygens (including phenoxy) is 3. The third-order valence-corrected chi connectivity index (χ3v) is 6.70. The predicted octanol–water partition coefficient (Wildman–Crippen LogP) is 5.96. The number of fused-ring (bicyclic) bond motifs is 1. The molecule has 5 heteroatoms. The summed E-state index contributed by atoms with van der Waals surface area (Å²) in [6.45, 7) is 6.74. The lowest BCUT2D eigenvalue weighted by atomic mass is 9.86. The molecule has 0 spiro atoms. The molecule has 0 aromatic heterocycles. The molecule has 32 heavy (non-hydrogen) atoms. The summed E-state index contributed by atoms with van der Waals surface area (Å²) in [6.07, 6.45) is 4.31. The van der Waals surface area contributed by atoms with Crippen molar-refractivity contribution in [2.45, 2.75) is 77.2 Å². The van der Waals surface area contributed by atoms with Crippen molar-refractivity contribution in [1.29, 1.82) is 0 Å². The molecule has 0 amide bonds. The van der Waals surface area contributed by atoms with Gasteiger partial charge >= 0.3 is 5.97 Å². The molecule has 1 N–H and O–H groups in total. The van der Waals surface area contributed by atoms with E-state index in [9.17, 15) is 4.79 Å². The SMILES string of the molecule is COC1c2cc(NCc3ccc(C)cc3)ccc2OC(C)(C)C1OC(=O)C1CCCCC1. The number of methoxy groups -OCH3 is 1. The number of anilines is 1. The highest BCUT2D eigenvalue weighted by molar-refractivity contribution is 5.73. The minimum atomic E-state index is -0.686. The largest absolute Gasteiger partial charge is 0.483 e. The van der Waals surface area contributed by atoms with E-state index in [0.717, 1.165) is 49.2 Å². The van der Waals surface area contributed by atoms with Crippen LogP contribution in [0.1, 0.15) is 68.7 Å². The van der Waals surface area contributed by atoms with E-state index in [0.29, 0.717) is 0 Å². The van der Waals surface area contributed by atoms with E-state index in [-0.39, 0.29) is 18.0 Å². The molecule has 4 rings (SSSR count). The van der Waals surface area contributed by atoms with Gasteiger partial charge in [0.2, 0.25) is 0 Å². The van der Waals surface area contributed by atoms with Gasteiger partial charge < -0.3 is 19.5 Å². The third kappa shape index (κ3) is 4.93. The lowest BCUT2D eigenvalue weighted by Gasteiger charge is -2.44. The summed E-state index contributed by atoms with van der Waals surface area (Å²) in [5.41, 5.74) is 3.66. The minimum Gasteiger partial charge on any atom is -0.483 e. The van der Waals surface area contributed by atoms with Gasteiger partial charge in [0.1, 0.15) is 17.5 Å². The summed E-state index contributed by atoms with van der Waals surface area (Å²) < 4.78 is 18.3. The standard InChI is InChI=1S/C27H35NO4/c1-18-10-12-19(13-11-18)17-28-21-14-15-23-22(16-21)24(30-4)25(27(2,3)32-23)31-26(29)20-8-6-5-7-9-20/h10-16,20,24-25,28H,5-9,17H2,1-4H3. The molecule has 2 unspecified atom stereocenters. The second kappa shape index (κ2) is 9.53. The van der Waals surface area contributed by atoms with Crippen molar-refractivity contribution in [2.24, 2.45) is 5.92 Å². The molecule has 2 aromatic rings. The Morgan fingerprint density at radius 1 is 1.09 bits per heavy atom. The summed E-state index contributed by atoms with van der Waals surface area (Å²) in [7, 11) is 1.67. The van der Waals surface area contributed by atoms with Gasteiger partial charge in [0.05, 0.1) is 5.92 Å². The zero-order valence-corrected chi connectivity index (χ0v) is 19.6. The highest BCUT2D eigenvalue weighted by atomic mass is 16.6. The quantitative estimate of drug-likeness (QED) is 0.565. The zero-order chi connectivity index (χ0) is 22.7. The Morgan fingerprint density at radius 2 is 1.81 bits per heavy atom. The first-order valence-electron chi connectivity index (χ1n) is 11.7. The van der Waals surface area contributed by atoms with E-state index in [1.54, 1.807) is 7.11 Å². The predicted molar refractivity (Wildman–Crippen MR) is 126 cm³/mol. The second-order valence-corrected chi connectivity index (χ2v) is 9.65. The lowest BCUT2D eigenvalue weighted by Crippen LogP contribution is -2.52. The molecule has 0 bridgehead atoms. The van der Waals surface area contributed by atoms with Gasteiger partial charge in [0, 0.05) is 24.9 Å². The first kappa shape index (κ1) is 22.7. The number of hydrogen-bond donors (Lipinski definition) is 1. The summed E-state index contributed by atoms with van der Waals surface area (Å²) >= 11 is 0. The molecule has 1 fully saturated rings. The Morgan fingerprint density at radius 3 is 2.50 bits per heavy atom. The van der Waals surface area contributed by atoms with E-state index in [1.807, 2.05) is 32.0 Å². The van der Waals surface area contributed by atoms with Crippen LogP contribution in [-0.4, -0.2) is 24.8 Å². The number of benzene rings is 2. The Balaban J connectivity index is 1.52. The van der Waals surface area contributed by atoms with Crippen molar-refractivity contribution in [2.75, 3.05) is 12.4 Å². The minimum absolute atomic E-state index is 0.0130. The summed E-state index contributed by atoms with van der Waals surface area (Å²) in [5.74, 6) is 0.638. The average molecular weight is 438 g/mol. The third-order valence-electron chi connectivity index (χ3n) is 6.70. The molecule has 5 nitrogen and oxygen atoms in total. The number of hydrogen-bond acceptors (Lipinski definition) is 5. The normalized spacial score (nSPS) is 22.5. The molecule has 2 atom stereocenters. The van der Waals surface area contributed by atoms with Crippen LogP contribution < -0.4 is 10.1 Å². The van der Waals surface area contributed by atoms with Gasteiger partial charge in [-0.2, -0.15) is 0 Å². The maximum absolute atomic E-state index is 12.9. The van der Waals surface area contributed by atoms with Crippen LogP contribution in [0.25, 0.3) is 0 Å². The van der Waals surface area contributed by atoms with Crippen molar-refractivity contribution in [3.8, 4) is 5.75 Å². The van der Waals surface area contributed by atoms with Crippen LogP contribution in [0, 0.1) is 12.8 Å². The number of rotatable bonds is 6. The van der Waals surface area contributed by atoms with E-state index >= 15 is 0 Å². The molecule has 2 aliphatic rings. The van der Waals surface area contributed by atoms with Crippen LogP contribution in [0.15, 0.2) is 42.5 Å². The maximum Gasteiger partial charge on any atom is 0.309 e. The van der Waals surface area contributed by atoms with Crippen molar-refractivity contribution in [3.05, 3.63) is 59.2 Å². The molecule has 0 radical (unpaired) electrons. The Hall–Kier alpha value is -2.53. The van der Waals surface area contributed by atoms with Crippen LogP contribution in [0.2, 0.25) is 0 Å². The van der Waals surface area contributed by atoms with Gasteiger partial charge in [-0.1, -0.05) is 49.1 Å². The van der Waals surface area contributed by atoms with Gasteiger partial charge in [0.15, 0.2) is 6.10 Å². The second-order valence-electron chi connectivity index (χ2n) is 9.65. The highest BCUT2D eigenvalue weighted by Crippen LogP contribution is 2.44. The average Bonchev–Trinajstić information content (AvgIpc) is 2.79. The van der Waals surface area contributed by atoms with Crippen LogP contribution >= 0.6 is 0 Å². The maximum atomic E-state index is 12.9. The Kier molecular flexibility index (Phi) is 6.75. The van der Waals surface area contributed by atoms with Gasteiger partial charge in [-0.15, -0.1) is 0 Å². The van der Waals surface area contributed by atoms with Crippen molar-refractivity contribution in [1.82, 2.24) is 0 Å². The van der Waals surface area contributed by atoms with Crippen LogP contribution in [0.3, 0.4) is 0 Å². The Labute approximate surface area is 191 Å². The van der Waals surface area contributed by atoms with Gasteiger partial charge in [0.25, 0.3) is 0 Å². The van der Waals surface area contributed by atoms with Crippen molar-refractivity contribution >= 4 is 11.7 Å². The summed E-state index contributed by atoms with van der Waals surface area (Å²) in [4.78, 5) is 12.9. The monoisotopic (exact) mass is 437 g/mol. The van der Waals surface area contributed by atoms with Gasteiger partial charge in [-0.05, 0) is 57.4 Å². The van der Waals surface area contributed by atoms with Gasteiger partial charge in [-0.25, -0.2) is 0 Å². The molecule has 1 saturated carbocycles. The summed E-state index contributed by atoms with van der Waals surface area (Å²) in [5, 5.41) is 3.48. The van der Waals surface area contributed by atoms with Crippen LogP contribution in [-0.2, 0) is 20.8 Å². The van der Waals surface area contributed by atoms with Crippen LogP contribution in [0.4, 0.5) is 5.69 Å². The Bertz CT molecular complexity index is 931. The first-order valence-corrected chi connectivity index (χ1v) is 11.7. The van der Waals surface area contributed by atoms with E-state index in [4.69, 9.17) is 14.2 Å². The molecule has 0 saturated heterocycles. The zero-order valence-electron chi connectivity index (χ0n) is 19.6. The fourth-order valence-corrected chi connectivity index (χ4v) is 4.77. The van der Waals surface area contributed by atoms with E-state index in [2.05, 4.69) is 36.5 Å². The van der Waals surface area contributed by atoms with E-state index < -0.39 is 11.7 Å². The molecular formula is C27H35NO4. The topological polar surface area (TPSA) is 56.8 Å². The smallest absolute Gasteiger partial charge is 0.309 e. The molecule has 172 valence electrons. The van der Waals surface area contributed by atoms with E-state index in [1.165, 1.54) is 17.5 Å². The fourth-order valence-electron chi connectivity index (χ4n) is 4.77. The highest BCUT2D eigenvalue weighted by Gasteiger charge is 2.47. The number of nitrogens with one attached hydrogen (secondary N) is 1. The lowest BCUT2D eigenvalue weighted by molar-refractivity contribution is -0.186. The fraction of sp³-hybridized carbons (Fsp3) is 0.519. The number of aryl methyl sites for hydroxylation is 1. The van der Waals surface area contributed by atoms with Crippen molar-refractivity contribution < 1.29 is 19.0 Å². The number of carbonyl (C=O) groups is 1.